The van der Waals surface area contributed by atoms with Gasteiger partial charge in [-0.05, 0) is 37.1 Å². The number of aromatic nitrogens is 2. The van der Waals surface area contributed by atoms with Crippen LogP contribution in [0.4, 0.5) is 0 Å². The van der Waals surface area contributed by atoms with Crippen molar-refractivity contribution in [2.24, 2.45) is 0 Å². The third-order valence-corrected chi connectivity index (χ3v) is 4.07. The maximum Gasteiger partial charge on any atom is 0.251 e. The summed E-state index contributed by atoms with van der Waals surface area (Å²) in [6, 6.07) is 17.8. The van der Waals surface area contributed by atoms with E-state index < -0.39 is 0 Å². The van der Waals surface area contributed by atoms with Crippen LogP contribution in [0, 0.1) is 6.92 Å². The van der Waals surface area contributed by atoms with Gasteiger partial charge in [-0.25, -0.2) is 0 Å². The summed E-state index contributed by atoms with van der Waals surface area (Å²) in [4.78, 5) is 12.3. The zero-order valence-corrected chi connectivity index (χ0v) is 14.0. The molecule has 4 heteroatoms. The highest BCUT2D eigenvalue weighted by Crippen LogP contribution is 2.19. The first-order chi connectivity index (χ1) is 11.7. The topological polar surface area (TPSA) is 46.9 Å². The second-order valence-electron chi connectivity index (χ2n) is 5.72. The van der Waals surface area contributed by atoms with Crippen LogP contribution in [0.3, 0.4) is 0 Å². The Kier molecular flexibility index (Phi) is 4.75. The van der Waals surface area contributed by atoms with E-state index in [0.29, 0.717) is 12.1 Å². The molecule has 0 aliphatic heterocycles. The second-order valence-corrected chi connectivity index (χ2v) is 5.72. The van der Waals surface area contributed by atoms with Gasteiger partial charge in [-0.15, -0.1) is 0 Å². The molecule has 0 unspecified atom stereocenters. The van der Waals surface area contributed by atoms with Crippen LogP contribution in [0.5, 0.6) is 0 Å². The van der Waals surface area contributed by atoms with Gasteiger partial charge in [0, 0.05) is 30.4 Å². The largest absolute Gasteiger partial charge is 0.348 e. The van der Waals surface area contributed by atoms with Crippen molar-refractivity contribution in [3.63, 3.8) is 0 Å². The van der Waals surface area contributed by atoms with Gasteiger partial charge in [0.25, 0.3) is 5.91 Å². The Morgan fingerprint density at radius 2 is 1.71 bits per heavy atom. The minimum atomic E-state index is -0.0711. The zero-order valence-electron chi connectivity index (χ0n) is 14.0. The minimum absolute atomic E-state index is 0.0711. The van der Waals surface area contributed by atoms with Crippen LogP contribution in [0.2, 0.25) is 0 Å². The number of aryl methyl sites for hydroxylation is 2. The van der Waals surface area contributed by atoms with E-state index in [1.54, 1.807) is 0 Å². The molecule has 1 heterocycles. The fraction of sp³-hybridized carbons (Fsp3) is 0.200. The highest BCUT2D eigenvalue weighted by molar-refractivity contribution is 5.94. The quantitative estimate of drug-likeness (QED) is 0.777. The van der Waals surface area contributed by atoms with Crippen molar-refractivity contribution in [3.05, 3.63) is 77.6 Å². The number of nitrogens with one attached hydrogen (secondary N) is 1. The number of benzene rings is 2. The van der Waals surface area contributed by atoms with Crippen LogP contribution in [-0.4, -0.2) is 15.7 Å². The number of nitrogens with zero attached hydrogens (tertiary/aromatic N) is 2. The number of amides is 1. The molecular weight excluding hydrogens is 298 g/mol. The molecule has 0 spiro atoms. The summed E-state index contributed by atoms with van der Waals surface area (Å²) in [5.74, 6) is -0.0711. The van der Waals surface area contributed by atoms with E-state index in [-0.39, 0.29) is 5.91 Å². The maximum atomic E-state index is 12.3. The summed E-state index contributed by atoms with van der Waals surface area (Å²) < 4.78 is 1.88. The molecule has 3 aromatic rings. The van der Waals surface area contributed by atoms with Gasteiger partial charge in [0.05, 0.1) is 5.69 Å². The highest BCUT2D eigenvalue weighted by Gasteiger charge is 2.09. The molecule has 0 radical (unpaired) electrons. The SMILES string of the molecule is CCn1cc(CNC(=O)c2ccc(-c3ccccc3)cc2)c(C)n1. The van der Waals surface area contributed by atoms with Crippen molar-refractivity contribution in [3.8, 4) is 11.1 Å². The van der Waals surface area contributed by atoms with Crippen LogP contribution in [0.15, 0.2) is 60.8 Å². The third-order valence-electron chi connectivity index (χ3n) is 4.07. The predicted molar refractivity (Wildman–Crippen MR) is 95.7 cm³/mol. The van der Waals surface area contributed by atoms with Gasteiger partial charge in [0.2, 0.25) is 0 Å². The zero-order chi connectivity index (χ0) is 16.9. The molecule has 2 aromatic carbocycles. The van der Waals surface area contributed by atoms with Crippen LogP contribution in [-0.2, 0) is 13.1 Å². The van der Waals surface area contributed by atoms with E-state index in [2.05, 4.69) is 22.5 Å². The molecular formula is C20H21N3O. The normalized spacial score (nSPS) is 10.6. The Labute approximate surface area is 142 Å². The molecule has 0 saturated heterocycles. The number of hydrogen-bond acceptors (Lipinski definition) is 2. The molecule has 1 aromatic heterocycles. The smallest absolute Gasteiger partial charge is 0.251 e. The van der Waals surface area contributed by atoms with E-state index in [9.17, 15) is 4.79 Å². The molecule has 1 amide bonds. The lowest BCUT2D eigenvalue weighted by atomic mass is 10.0. The summed E-state index contributed by atoms with van der Waals surface area (Å²) in [5, 5.41) is 7.35. The van der Waals surface area contributed by atoms with Gasteiger partial charge in [0.15, 0.2) is 0 Å². The Morgan fingerprint density at radius 3 is 2.33 bits per heavy atom. The molecule has 0 bridgehead atoms. The summed E-state index contributed by atoms with van der Waals surface area (Å²) in [6.45, 7) is 5.33. The van der Waals surface area contributed by atoms with Crippen molar-refractivity contribution in [2.45, 2.75) is 26.9 Å². The van der Waals surface area contributed by atoms with E-state index in [0.717, 1.165) is 28.9 Å². The first-order valence-electron chi connectivity index (χ1n) is 8.14. The first kappa shape index (κ1) is 16.0. The summed E-state index contributed by atoms with van der Waals surface area (Å²) >= 11 is 0. The fourth-order valence-electron chi connectivity index (χ4n) is 2.62. The summed E-state index contributed by atoms with van der Waals surface area (Å²) in [7, 11) is 0. The average molecular weight is 319 g/mol. The van der Waals surface area contributed by atoms with Crippen LogP contribution in [0.25, 0.3) is 11.1 Å². The first-order valence-corrected chi connectivity index (χ1v) is 8.14. The maximum absolute atomic E-state index is 12.3. The number of carbonyl (C=O) groups is 1. The van der Waals surface area contributed by atoms with Crippen molar-refractivity contribution < 1.29 is 4.79 Å². The molecule has 0 aliphatic rings. The van der Waals surface area contributed by atoms with E-state index >= 15 is 0 Å². The van der Waals surface area contributed by atoms with Gasteiger partial charge in [-0.1, -0.05) is 42.5 Å². The highest BCUT2D eigenvalue weighted by atomic mass is 16.1. The lowest BCUT2D eigenvalue weighted by Crippen LogP contribution is -2.22. The fourth-order valence-corrected chi connectivity index (χ4v) is 2.62. The van der Waals surface area contributed by atoms with Gasteiger partial charge in [0.1, 0.15) is 0 Å². The Hall–Kier alpha value is -2.88. The van der Waals surface area contributed by atoms with Gasteiger partial charge < -0.3 is 5.32 Å². The lowest BCUT2D eigenvalue weighted by molar-refractivity contribution is 0.0951. The van der Waals surface area contributed by atoms with E-state index in [1.165, 1.54) is 0 Å². The molecule has 122 valence electrons. The monoisotopic (exact) mass is 319 g/mol. The third kappa shape index (κ3) is 3.54. The average Bonchev–Trinajstić information content (AvgIpc) is 3.00. The van der Waals surface area contributed by atoms with Crippen molar-refractivity contribution in [1.29, 1.82) is 0 Å². The van der Waals surface area contributed by atoms with Gasteiger partial charge in [-0.2, -0.15) is 5.10 Å². The van der Waals surface area contributed by atoms with E-state index in [4.69, 9.17) is 0 Å². The molecule has 0 fully saturated rings. The van der Waals surface area contributed by atoms with Crippen molar-refractivity contribution in [2.75, 3.05) is 0 Å². The molecule has 4 nitrogen and oxygen atoms in total. The van der Waals surface area contributed by atoms with Crippen LogP contribution >= 0.6 is 0 Å². The van der Waals surface area contributed by atoms with Crippen LogP contribution in [0.1, 0.15) is 28.5 Å². The molecule has 0 saturated carbocycles. The molecule has 24 heavy (non-hydrogen) atoms. The molecule has 3 rings (SSSR count). The molecule has 1 N–H and O–H groups in total. The van der Waals surface area contributed by atoms with Gasteiger partial charge >= 0.3 is 0 Å². The van der Waals surface area contributed by atoms with Crippen LogP contribution < -0.4 is 5.32 Å². The standard InChI is InChI=1S/C20H21N3O/c1-3-23-14-19(15(2)22-23)13-21-20(24)18-11-9-17(10-12-18)16-7-5-4-6-8-16/h4-12,14H,3,13H2,1-2H3,(H,21,24). The lowest BCUT2D eigenvalue weighted by Gasteiger charge is -2.06. The van der Waals surface area contributed by atoms with Crippen molar-refractivity contribution in [1.82, 2.24) is 15.1 Å². The van der Waals surface area contributed by atoms with Gasteiger partial charge in [-0.3, -0.25) is 9.48 Å². The molecule has 0 atom stereocenters. The summed E-state index contributed by atoms with van der Waals surface area (Å²) in [6.07, 6.45) is 1.98. The number of rotatable bonds is 5. The number of hydrogen-bond donors (Lipinski definition) is 1. The second kappa shape index (κ2) is 7.13. The predicted octanol–water partition coefficient (Wildman–Crippen LogP) is 3.81. The Balaban J connectivity index is 1.66. The summed E-state index contributed by atoms with van der Waals surface area (Å²) in [5.41, 5.74) is 4.91. The van der Waals surface area contributed by atoms with Crippen molar-refractivity contribution >= 4 is 5.91 Å². The Bertz CT molecular complexity index is 820. The van der Waals surface area contributed by atoms with E-state index in [1.807, 2.05) is 67.2 Å². The number of carbonyl (C=O) groups excluding carboxylic acids is 1. The minimum Gasteiger partial charge on any atom is -0.348 e. The molecule has 0 aliphatic carbocycles. The Morgan fingerprint density at radius 1 is 1.04 bits per heavy atom.